The number of unbranched alkanes of at least 4 members (excludes halogenated alkanes) is 11. The Hall–Kier alpha value is -1.26. The molecule has 2 atom stereocenters. The van der Waals surface area contributed by atoms with Crippen molar-refractivity contribution in [3.8, 4) is 0 Å². The highest BCUT2D eigenvalue weighted by molar-refractivity contribution is 5.72. The van der Waals surface area contributed by atoms with Gasteiger partial charge in [0.05, 0.1) is 58.1 Å². The van der Waals surface area contributed by atoms with Gasteiger partial charge in [-0.1, -0.05) is 111 Å². The number of aliphatic hydroxyl groups excluding tert-OH is 1. The molecule has 0 amide bonds. The molecule has 0 saturated carbocycles. The highest BCUT2D eigenvalue weighted by Gasteiger charge is 2.20. The van der Waals surface area contributed by atoms with Gasteiger partial charge in [-0.3, -0.25) is 14.5 Å². The molecule has 9 heteroatoms. The Morgan fingerprint density at radius 2 is 0.800 bits per heavy atom. The zero-order chi connectivity index (χ0) is 36.8. The molecule has 0 rings (SSSR count). The van der Waals surface area contributed by atoms with Gasteiger partial charge in [0.25, 0.3) is 0 Å². The zero-order valence-electron chi connectivity index (χ0n) is 33.2. The quantitative estimate of drug-likeness (QED) is 0.0492. The van der Waals surface area contributed by atoms with Gasteiger partial charge in [0.15, 0.2) is 0 Å². The first-order valence-corrected chi connectivity index (χ1v) is 20.9. The number of rotatable bonds is 40. The first-order valence-electron chi connectivity index (χ1n) is 20.9. The number of nitrogens with zero attached hydrogens (tertiary/aromatic N) is 1. The standard InChI is InChI=1S/C41H81NO8/c1-5-9-13-16-24-38(22-12-8-4)40(44)49-32-20-18-30-46-34-26-42(28-36-48-37-29-43)27-35-47-31-19-21-33-50-41(45)39(23-15-11-7-3)25-17-14-10-6-2/h38-39,43H,5-37H2,1-4H3. The molecule has 0 spiro atoms. The highest BCUT2D eigenvalue weighted by atomic mass is 16.5. The fraction of sp³-hybridized carbons (Fsp3) is 0.951. The molecular weight excluding hydrogens is 634 g/mol. The highest BCUT2D eigenvalue weighted by Crippen LogP contribution is 2.21. The van der Waals surface area contributed by atoms with Crippen LogP contribution in [-0.2, 0) is 33.3 Å². The summed E-state index contributed by atoms with van der Waals surface area (Å²) >= 11 is 0. The van der Waals surface area contributed by atoms with Gasteiger partial charge in [-0.2, -0.15) is 0 Å². The molecule has 0 aliphatic heterocycles. The normalized spacial score (nSPS) is 12.8. The Morgan fingerprint density at radius 3 is 1.22 bits per heavy atom. The molecule has 2 unspecified atom stereocenters. The van der Waals surface area contributed by atoms with E-state index in [1.165, 1.54) is 51.4 Å². The van der Waals surface area contributed by atoms with Gasteiger partial charge < -0.3 is 28.8 Å². The lowest BCUT2D eigenvalue weighted by Gasteiger charge is -2.22. The molecule has 0 aliphatic carbocycles. The average molecular weight is 716 g/mol. The summed E-state index contributed by atoms with van der Waals surface area (Å²) in [6.45, 7) is 15.4. The maximum Gasteiger partial charge on any atom is 0.308 e. The third-order valence-corrected chi connectivity index (χ3v) is 9.29. The van der Waals surface area contributed by atoms with E-state index in [4.69, 9.17) is 28.8 Å². The fourth-order valence-electron chi connectivity index (χ4n) is 5.97. The van der Waals surface area contributed by atoms with Gasteiger partial charge in [-0.15, -0.1) is 0 Å². The Morgan fingerprint density at radius 1 is 0.440 bits per heavy atom. The predicted molar refractivity (Wildman–Crippen MR) is 205 cm³/mol. The number of aliphatic hydroxyl groups is 1. The zero-order valence-corrected chi connectivity index (χ0v) is 33.2. The van der Waals surface area contributed by atoms with E-state index >= 15 is 0 Å². The minimum Gasteiger partial charge on any atom is -0.465 e. The largest absolute Gasteiger partial charge is 0.465 e. The maximum absolute atomic E-state index is 12.7. The summed E-state index contributed by atoms with van der Waals surface area (Å²) < 4.78 is 28.6. The Labute approximate surface area is 308 Å². The minimum atomic E-state index is -0.0182. The molecule has 50 heavy (non-hydrogen) atoms. The third kappa shape index (κ3) is 31.5. The number of esters is 2. The van der Waals surface area contributed by atoms with E-state index in [1.54, 1.807) is 0 Å². The smallest absolute Gasteiger partial charge is 0.308 e. The Balaban J connectivity index is 4.21. The SMILES string of the molecule is CCCCCCC(CCCC)C(=O)OCCCCOCCN(CCOCCO)CCOCCCCOC(=O)C(CCCCC)CCCCCC. The van der Waals surface area contributed by atoms with Crippen molar-refractivity contribution in [2.45, 2.75) is 163 Å². The molecule has 1 N–H and O–H groups in total. The number of hydrogen-bond acceptors (Lipinski definition) is 9. The molecule has 9 nitrogen and oxygen atoms in total. The lowest BCUT2D eigenvalue weighted by Crippen LogP contribution is -2.34. The third-order valence-electron chi connectivity index (χ3n) is 9.29. The summed E-state index contributed by atoms with van der Waals surface area (Å²) in [6.07, 6.45) is 22.3. The Bertz CT molecular complexity index is 725. The van der Waals surface area contributed by atoms with Gasteiger partial charge in [0, 0.05) is 32.8 Å². The maximum atomic E-state index is 12.7. The van der Waals surface area contributed by atoms with E-state index in [1.807, 2.05) is 0 Å². The van der Waals surface area contributed by atoms with E-state index in [0.717, 1.165) is 103 Å². The lowest BCUT2D eigenvalue weighted by atomic mass is 9.95. The van der Waals surface area contributed by atoms with Crippen LogP contribution in [0, 0.1) is 11.8 Å². The number of carbonyl (C=O) groups excluding carboxylic acids is 2. The van der Waals surface area contributed by atoms with Crippen molar-refractivity contribution in [2.24, 2.45) is 11.8 Å². The fourth-order valence-corrected chi connectivity index (χ4v) is 5.97. The van der Waals surface area contributed by atoms with E-state index in [0.29, 0.717) is 52.9 Å². The van der Waals surface area contributed by atoms with Crippen molar-refractivity contribution in [1.29, 1.82) is 0 Å². The first-order chi connectivity index (χ1) is 24.5. The summed E-state index contributed by atoms with van der Waals surface area (Å²) in [6, 6.07) is 0. The Kier molecular flexibility index (Phi) is 38.0. The second kappa shape index (κ2) is 39.0. The van der Waals surface area contributed by atoms with Gasteiger partial charge in [0.2, 0.25) is 0 Å². The molecule has 0 aromatic carbocycles. The second-order valence-corrected chi connectivity index (χ2v) is 13.9. The molecule has 298 valence electrons. The van der Waals surface area contributed by atoms with Crippen molar-refractivity contribution in [2.75, 3.05) is 79.1 Å². The summed E-state index contributed by atoms with van der Waals surface area (Å²) in [5.74, 6) is 0.0680. The monoisotopic (exact) mass is 716 g/mol. The van der Waals surface area contributed by atoms with Crippen LogP contribution in [0.3, 0.4) is 0 Å². The number of carbonyl (C=O) groups is 2. The van der Waals surface area contributed by atoms with Crippen molar-refractivity contribution < 1.29 is 38.4 Å². The molecule has 0 bridgehead atoms. The van der Waals surface area contributed by atoms with Crippen LogP contribution < -0.4 is 0 Å². The minimum absolute atomic E-state index is 0.0114. The second-order valence-electron chi connectivity index (χ2n) is 13.9. The number of ether oxygens (including phenoxy) is 5. The first kappa shape index (κ1) is 48.7. The summed E-state index contributed by atoms with van der Waals surface area (Å²) in [4.78, 5) is 27.6. The van der Waals surface area contributed by atoms with Crippen molar-refractivity contribution in [3.63, 3.8) is 0 Å². The van der Waals surface area contributed by atoms with Crippen molar-refractivity contribution >= 4 is 11.9 Å². The number of hydrogen-bond donors (Lipinski definition) is 1. The van der Waals surface area contributed by atoms with E-state index in [-0.39, 0.29) is 30.4 Å². The van der Waals surface area contributed by atoms with Crippen molar-refractivity contribution in [3.05, 3.63) is 0 Å². The van der Waals surface area contributed by atoms with Crippen LogP contribution in [0.2, 0.25) is 0 Å². The molecule has 0 aliphatic rings. The lowest BCUT2D eigenvalue weighted by molar-refractivity contribution is -0.150. The molecule has 0 heterocycles. The average Bonchev–Trinajstić information content (AvgIpc) is 3.12. The topological polar surface area (TPSA) is 104 Å². The molecule has 0 saturated heterocycles. The van der Waals surface area contributed by atoms with Crippen molar-refractivity contribution in [1.82, 2.24) is 4.90 Å². The summed E-state index contributed by atoms with van der Waals surface area (Å²) in [5.41, 5.74) is 0. The van der Waals surface area contributed by atoms with Crippen LogP contribution in [0.15, 0.2) is 0 Å². The van der Waals surface area contributed by atoms with E-state index in [2.05, 4.69) is 32.6 Å². The molecule has 0 aromatic rings. The van der Waals surface area contributed by atoms with Gasteiger partial charge >= 0.3 is 11.9 Å². The van der Waals surface area contributed by atoms with Crippen LogP contribution in [0.25, 0.3) is 0 Å². The molecule has 0 fully saturated rings. The summed E-state index contributed by atoms with van der Waals surface area (Å²) in [7, 11) is 0. The van der Waals surface area contributed by atoms with E-state index < -0.39 is 0 Å². The van der Waals surface area contributed by atoms with Crippen LogP contribution in [-0.4, -0.2) is 101 Å². The predicted octanol–water partition coefficient (Wildman–Crippen LogP) is 8.92. The van der Waals surface area contributed by atoms with Crippen LogP contribution in [0.4, 0.5) is 0 Å². The van der Waals surface area contributed by atoms with Crippen LogP contribution in [0.1, 0.15) is 163 Å². The van der Waals surface area contributed by atoms with Gasteiger partial charge in [0.1, 0.15) is 0 Å². The van der Waals surface area contributed by atoms with E-state index in [9.17, 15) is 9.59 Å². The van der Waals surface area contributed by atoms with Gasteiger partial charge in [-0.05, 0) is 51.4 Å². The van der Waals surface area contributed by atoms with Crippen LogP contribution >= 0.6 is 0 Å². The summed E-state index contributed by atoms with van der Waals surface area (Å²) in [5, 5.41) is 9.02. The molecule has 0 aromatic heterocycles. The molecular formula is C41H81NO8. The molecule has 0 radical (unpaired) electrons. The van der Waals surface area contributed by atoms with Crippen LogP contribution in [0.5, 0.6) is 0 Å². The van der Waals surface area contributed by atoms with Gasteiger partial charge in [-0.25, -0.2) is 0 Å².